The van der Waals surface area contributed by atoms with Crippen LogP contribution in [0, 0.1) is 0 Å². The van der Waals surface area contributed by atoms with Gasteiger partial charge in [0.25, 0.3) is 5.56 Å². The molecule has 1 aromatic carbocycles. The molecule has 1 amide bonds. The number of nitrogens with one attached hydrogen (secondary N) is 1. The van der Waals surface area contributed by atoms with E-state index in [1.165, 1.54) is 52.6 Å². The summed E-state index contributed by atoms with van der Waals surface area (Å²) in [5.41, 5.74) is 1.35. The first-order valence-electron chi connectivity index (χ1n) is 9.49. The highest BCUT2D eigenvalue weighted by atomic mass is 32.1. The van der Waals surface area contributed by atoms with E-state index in [1.54, 1.807) is 12.1 Å². The zero-order valence-electron chi connectivity index (χ0n) is 16.9. The third-order valence-corrected chi connectivity index (χ3v) is 6.33. The molecule has 162 valence electrons. The van der Waals surface area contributed by atoms with Crippen molar-refractivity contribution in [3.05, 3.63) is 69.4 Å². The van der Waals surface area contributed by atoms with Gasteiger partial charge in [-0.2, -0.15) is 0 Å². The molecule has 1 N–H and O–H groups in total. The molecule has 0 saturated carbocycles. The van der Waals surface area contributed by atoms with Crippen molar-refractivity contribution in [3.8, 4) is 10.4 Å². The van der Waals surface area contributed by atoms with Gasteiger partial charge in [0, 0.05) is 34.0 Å². The Morgan fingerprint density at radius 3 is 2.59 bits per heavy atom. The minimum absolute atomic E-state index is 0.217. The minimum Gasteiger partial charge on any atom is -0.456 e. The highest BCUT2D eigenvalue weighted by molar-refractivity contribution is 7.18. The van der Waals surface area contributed by atoms with Crippen molar-refractivity contribution in [2.75, 3.05) is 11.9 Å². The van der Waals surface area contributed by atoms with E-state index in [1.807, 2.05) is 22.9 Å². The van der Waals surface area contributed by atoms with E-state index < -0.39 is 18.4 Å². The topological polar surface area (TPSA) is 107 Å². The van der Waals surface area contributed by atoms with Crippen molar-refractivity contribution in [3.63, 3.8) is 0 Å². The van der Waals surface area contributed by atoms with Gasteiger partial charge in [-0.05, 0) is 35.7 Å². The van der Waals surface area contributed by atoms with Crippen molar-refractivity contribution < 1.29 is 19.1 Å². The molecule has 32 heavy (non-hydrogen) atoms. The summed E-state index contributed by atoms with van der Waals surface area (Å²) >= 11 is 2.89. The van der Waals surface area contributed by atoms with Crippen LogP contribution in [0.4, 0.5) is 5.69 Å². The molecule has 3 aromatic heterocycles. The van der Waals surface area contributed by atoms with Gasteiger partial charge in [-0.1, -0.05) is 6.07 Å². The molecule has 0 bridgehead atoms. The number of anilines is 1. The molecule has 8 nitrogen and oxygen atoms in total. The number of hydrogen-bond donors (Lipinski definition) is 1. The molecular formula is C22H17N3O5S2. The van der Waals surface area contributed by atoms with E-state index in [0.717, 1.165) is 10.4 Å². The molecule has 0 saturated heterocycles. The lowest BCUT2D eigenvalue weighted by Gasteiger charge is -2.07. The van der Waals surface area contributed by atoms with Crippen LogP contribution in [-0.2, 0) is 20.9 Å². The number of aromatic nitrogens is 2. The summed E-state index contributed by atoms with van der Waals surface area (Å²) in [5, 5.41) is 6.87. The molecule has 0 aliphatic heterocycles. The van der Waals surface area contributed by atoms with E-state index >= 15 is 0 Å². The van der Waals surface area contributed by atoms with E-state index in [2.05, 4.69) is 10.3 Å². The lowest BCUT2D eigenvalue weighted by molar-refractivity contribution is -0.143. The fraction of sp³-hybridized carbons (Fsp3) is 0.136. The predicted octanol–water partition coefficient (Wildman–Crippen LogP) is 3.57. The van der Waals surface area contributed by atoms with E-state index in [4.69, 9.17) is 4.74 Å². The minimum atomic E-state index is -0.718. The second-order valence-electron chi connectivity index (χ2n) is 6.83. The summed E-state index contributed by atoms with van der Waals surface area (Å²) in [6, 6.07) is 10.1. The van der Waals surface area contributed by atoms with Crippen LogP contribution in [0.5, 0.6) is 0 Å². The third-order valence-electron chi connectivity index (χ3n) is 4.54. The standard InChI is InChI=1S/C22H17N3O5S2/c1-13(26)24-15-6-4-14(5-7-15)17(27)10-30-19(28)9-25-12-23-21-20(22(25)29)16(11-32-21)18-3-2-8-31-18/h2-8,11-12H,9-10H2,1H3,(H,24,26). The largest absolute Gasteiger partial charge is 0.456 e. The molecule has 0 atom stereocenters. The monoisotopic (exact) mass is 467 g/mol. The molecule has 10 heteroatoms. The fourth-order valence-corrected chi connectivity index (χ4v) is 4.77. The summed E-state index contributed by atoms with van der Waals surface area (Å²) in [6.07, 6.45) is 1.31. The molecule has 3 heterocycles. The maximum atomic E-state index is 12.9. The Labute approximate surface area is 190 Å². The summed E-state index contributed by atoms with van der Waals surface area (Å²) in [6.45, 7) is 0.580. The quantitative estimate of drug-likeness (QED) is 0.329. The van der Waals surface area contributed by atoms with Gasteiger partial charge < -0.3 is 10.1 Å². The highest BCUT2D eigenvalue weighted by Crippen LogP contribution is 2.33. The number of benzene rings is 1. The number of esters is 1. The molecule has 0 aliphatic rings. The molecule has 0 unspecified atom stereocenters. The average molecular weight is 468 g/mol. The van der Waals surface area contributed by atoms with Gasteiger partial charge in [-0.3, -0.25) is 23.7 Å². The number of carbonyl (C=O) groups is 3. The third kappa shape index (κ3) is 4.66. The van der Waals surface area contributed by atoms with Gasteiger partial charge >= 0.3 is 5.97 Å². The number of ketones is 1. The highest BCUT2D eigenvalue weighted by Gasteiger charge is 2.16. The Morgan fingerprint density at radius 1 is 1.12 bits per heavy atom. The van der Waals surface area contributed by atoms with Crippen molar-refractivity contribution in [1.82, 2.24) is 9.55 Å². The first-order valence-corrected chi connectivity index (χ1v) is 11.3. The van der Waals surface area contributed by atoms with Crippen molar-refractivity contribution in [2.45, 2.75) is 13.5 Å². The maximum absolute atomic E-state index is 12.9. The van der Waals surface area contributed by atoms with E-state index in [9.17, 15) is 19.2 Å². The second-order valence-corrected chi connectivity index (χ2v) is 8.63. The lowest BCUT2D eigenvalue weighted by atomic mass is 10.1. The van der Waals surface area contributed by atoms with Gasteiger partial charge in [-0.15, -0.1) is 22.7 Å². The first-order chi connectivity index (χ1) is 15.4. The van der Waals surface area contributed by atoms with E-state index in [0.29, 0.717) is 21.5 Å². The summed E-state index contributed by atoms with van der Waals surface area (Å²) in [4.78, 5) is 54.4. The Hall–Kier alpha value is -3.63. The number of fused-ring (bicyclic) bond motifs is 1. The Kier molecular flexibility index (Phi) is 6.24. The number of amides is 1. The summed E-state index contributed by atoms with van der Waals surface area (Å²) < 4.78 is 6.25. The number of Topliss-reactive ketones (excluding diaryl/α,β-unsaturated/α-hetero) is 1. The van der Waals surface area contributed by atoms with Crippen LogP contribution in [0.3, 0.4) is 0 Å². The van der Waals surface area contributed by atoms with Crippen molar-refractivity contribution >= 4 is 56.2 Å². The molecule has 4 aromatic rings. The second kappa shape index (κ2) is 9.25. The van der Waals surface area contributed by atoms with Crippen LogP contribution >= 0.6 is 22.7 Å². The summed E-state index contributed by atoms with van der Waals surface area (Å²) in [5.74, 6) is -1.33. The maximum Gasteiger partial charge on any atom is 0.326 e. The molecule has 4 rings (SSSR count). The van der Waals surface area contributed by atoms with Crippen molar-refractivity contribution in [1.29, 1.82) is 0 Å². The van der Waals surface area contributed by atoms with Gasteiger partial charge in [0.1, 0.15) is 11.4 Å². The zero-order valence-corrected chi connectivity index (χ0v) is 18.5. The average Bonchev–Trinajstić information content (AvgIpc) is 3.44. The number of hydrogen-bond acceptors (Lipinski definition) is 8. The van der Waals surface area contributed by atoms with Crippen LogP contribution in [-0.4, -0.2) is 33.8 Å². The van der Waals surface area contributed by atoms with Gasteiger partial charge in [-0.25, -0.2) is 4.98 Å². The summed E-state index contributed by atoms with van der Waals surface area (Å²) in [7, 11) is 0. The van der Waals surface area contributed by atoms with Gasteiger partial charge in [0.15, 0.2) is 12.4 Å². The SMILES string of the molecule is CC(=O)Nc1ccc(C(=O)COC(=O)Cn2cnc3scc(-c4cccs4)c3c2=O)cc1. The van der Waals surface area contributed by atoms with Crippen LogP contribution in [0.25, 0.3) is 20.7 Å². The fourth-order valence-electron chi connectivity index (χ4n) is 3.05. The predicted molar refractivity (Wildman–Crippen MR) is 123 cm³/mol. The van der Waals surface area contributed by atoms with Gasteiger partial charge in [0.05, 0.1) is 11.7 Å². The van der Waals surface area contributed by atoms with Gasteiger partial charge in [0.2, 0.25) is 5.91 Å². The molecule has 0 aliphatic carbocycles. The number of thiophene rings is 2. The normalized spacial score (nSPS) is 10.8. The van der Waals surface area contributed by atoms with Crippen LogP contribution < -0.4 is 10.9 Å². The zero-order chi connectivity index (χ0) is 22.7. The number of carbonyl (C=O) groups excluding carboxylic acids is 3. The molecule has 0 fully saturated rings. The Morgan fingerprint density at radius 2 is 1.91 bits per heavy atom. The Bertz CT molecular complexity index is 1350. The molecule has 0 radical (unpaired) electrons. The number of ether oxygens (including phenoxy) is 1. The van der Waals surface area contributed by atoms with Crippen LogP contribution in [0.15, 0.2) is 58.3 Å². The van der Waals surface area contributed by atoms with Crippen LogP contribution in [0.1, 0.15) is 17.3 Å². The number of rotatable bonds is 7. The Balaban J connectivity index is 1.42. The smallest absolute Gasteiger partial charge is 0.326 e. The molecule has 0 spiro atoms. The molecular weight excluding hydrogens is 450 g/mol. The number of nitrogens with zero attached hydrogens (tertiary/aromatic N) is 2. The van der Waals surface area contributed by atoms with Crippen LogP contribution in [0.2, 0.25) is 0 Å². The first kappa shape index (κ1) is 21.6. The van der Waals surface area contributed by atoms with E-state index in [-0.39, 0.29) is 18.0 Å². The lowest BCUT2D eigenvalue weighted by Crippen LogP contribution is -2.26. The van der Waals surface area contributed by atoms with Crippen molar-refractivity contribution in [2.24, 2.45) is 0 Å².